The van der Waals surface area contributed by atoms with Crippen LogP contribution in [0.4, 0.5) is 0 Å². The zero-order valence-electron chi connectivity index (χ0n) is 8.55. The van der Waals surface area contributed by atoms with Gasteiger partial charge in [0.1, 0.15) is 12.6 Å². The zero-order valence-corrected chi connectivity index (χ0v) is 8.55. The molecule has 0 spiro atoms. The quantitative estimate of drug-likeness (QED) is 0.680. The molecule has 0 bridgehead atoms. The second-order valence-electron chi connectivity index (χ2n) is 2.82. The predicted octanol–water partition coefficient (Wildman–Crippen LogP) is 0.989. The van der Waals surface area contributed by atoms with E-state index in [9.17, 15) is 4.79 Å². The molecule has 2 rings (SSSR count). The summed E-state index contributed by atoms with van der Waals surface area (Å²) in [5.41, 5.74) is 1.01. The van der Waals surface area contributed by atoms with E-state index in [0.29, 0.717) is 5.92 Å². The topological polar surface area (TPSA) is 63.1 Å². The molecule has 1 saturated carbocycles. The summed E-state index contributed by atoms with van der Waals surface area (Å²) in [7, 11) is 1.00. The maximum absolute atomic E-state index is 9.57. The van der Waals surface area contributed by atoms with Gasteiger partial charge in [-0.2, -0.15) is 0 Å². The van der Waals surface area contributed by atoms with Gasteiger partial charge in [-0.1, -0.05) is 0 Å². The van der Waals surface area contributed by atoms with E-state index in [0.717, 1.165) is 31.9 Å². The van der Waals surface area contributed by atoms with Crippen LogP contribution < -0.4 is 0 Å². The van der Waals surface area contributed by atoms with Crippen LogP contribution in [0.2, 0.25) is 0 Å². The number of aliphatic hydroxyl groups is 1. The molecule has 1 aliphatic rings. The monoisotopic (exact) mass is 196 g/mol. The molecule has 1 aromatic rings. The molecule has 0 aliphatic heterocycles. The number of hydrogen-bond donors (Lipinski definition) is 1. The SMILES string of the molecule is CO.Cc1ccncn1.O=CC1CC1. The molecule has 78 valence electrons. The normalized spacial score (nSPS) is 12.8. The Labute approximate surface area is 84.0 Å². The van der Waals surface area contributed by atoms with E-state index < -0.39 is 0 Å². The fraction of sp³-hybridized carbons (Fsp3) is 0.500. The number of hydrogen-bond acceptors (Lipinski definition) is 4. The first-order valence-corrected chi connectivity index (χ1v) is 4.45. The number of aromatic nitrogens is 2. The summed E-state index contributed by atoms with van der Waals surface area (Å²) in [4.78, 5) is 17.2. The molecular weight excluding hydrogens is 180 g/mol. The van der Waals surface area contributed by atoms with Crippen molar-refractivity contribution in [3.63, 3.8) is 0 Å². The summed E-state index contributed by atoms with van der Waals surface area (Å²) in [6.45, 7) is 1.93. The fourth-order valence-corrected chi connectivity index (χ4v) is 0.589. The van der Waals surface area contributed by atoms with E-state index in [1.807, 2.05) is 13.0 Å². The van der Waals surface area contributed by atoms with Crippen LogP contribution in [0, 0.1) is 12.8 Å². The second-order valence-corrected chi connectivity index (χ2v) is 2.82. The van der Waals surface area contributed by atoms with Gasteiger partial charge in [-0.15, -0.1) is 0 Å². The van der Waals surface area contributed by atoms with Crippen molar-refractivity contribution in [1.82, 2.24) is 9.97 Å². The highest BCUT2D eigenvalue weighted by Crippen LogP contribution is 2.25. The van der Waals surface area contributed by atoms with E-state index in [2.05, 4.69) is 9.97 Å². The molecule has 1 heterocycles. The third-order valence-corrected chi connectivity index (χ3v) is 1.54. The number of carbonyl (C=O) groups is 1. The fourth-order valence-electron chi connectivity index (χ4n) is 0.589. The Kier molecular flexibility index (Phi) is 7.55. The lowest BCUT2D eigenvalue weighted by atomic mass is 10.5. The lowest BCUT2D eigenvalue weighted by molar-refractivity contribution is -0.108. The van der Waals surface area contributed by atoms with Crippen molar-refractivity contribution < 1.29 is 9.90 Å². The molecule has 1 aromatic heterocycles. The maximum atomic E-state index is 9.57. The van der Waals surface area contributed by atoms with Gasteiger partial charge in [0.25, 0.3) is 0 Å². The summed E-state index contributed by atoms with van der Waals surface area (Å²) in [5, 5.41) is 7.00. The van der Waals surface area contributed by atoms with Crippen LogP contribution in [0.1, 0.15) is 18.5 Å². The molecule has 0 unspecified atom stereocenters. The lowest BCUT2D eigenvalue weighted by Gasteiger charge is -1.81. The van der Waals surface area contributed by atoms with E-state index in [4.69, 9.17) is 5.11 Å². The number of carbonyl (C=O) groups excluding carboxylic acids is 1. The lowest BCUT2D eigenvalue weighted by Crippen LogP contribution is -1.77. The van der Waals surface area contributed by atoms with Crippen molar-refractivity contribution in [2.24, 2.45) is 5.92 Å². The predicted molar refractivity (Wildman–Crippen MR) is 53.7 cm³/mol. The van der Waals surface area contributed by atoms with E-state index in [1.165, 1.54) is 6.33 Å². The van der Waals surface area contributed by atoms with Gasteiger partial charge >= 0.3 is 0 Å². The molecule has 0 atom stereocenters. The highest BCUT2D eigenvalue weighted by Gasteiger charge is 2.18. The summed E-state index contributed by atoms with van der Waals surface area (Å²) < 4.78 is 0. The van der Waals surface area contributed by atoms with Crippen LogP contribution in [-0.4, -0.2) is 28.5 Å². The van der Waals surface area contributed by atoms with Crippen LogP contribution in [0.25, 0.3) is 0 Å². The molecule has 4 nitrogen and oxygen atoms in total. The Morgan fingerprint density at radius 2 is 2.14 bits per heavy atom. The van der Waals surface area contributed by atoms with E-state index in [-0.39, 0.29) is 0 Å². The largest absolute Gasteiger partial charge is 0.400 e. The number of aldehydes is 1. The third-order valence-electron chi connectivity index (χ3n) is 1.54. The molecule has 0 aromatic carbocycles. The molecule has 0 radical (unpaired) electrons. The van der Waals surface area contributed by atoms with Gasteiger partial charge in [0.05, 0.1) is 0 Å². The average Bonchev–Trinajstić information content (AvgIpc) is 3.06. The highest BCUT2D eigenvalue weighted by molar-refractivity contribution is 5.56. The molecule has 0 saturated heterocycles. The minimum absolute atomic E-state index is 0.454. The van der Waals surface area contributed by atoms with Gasteiger partial charge in [0, 0.05) is 24.9 Å². The molecule has 1 N–H and O–H groups in total. The van der Waals surface area contributed by atoms with Crippen LogP contribution >= 0.6 is 0 Å². The van der Waals surface area contributed by atoms with Crippen LogP contribution in [-0.2, 0) is 4.79 Å². The number of nitrogens with zero attached hydrogens (tertiary/aromatic N) is 2. The van der Waals surface area contributed by atoms with Crippen molar-refractivity contribution in [2.45, 2.75) is 19.8 Å². The van der Waals surface area contributed by atoms with Gasteiger partial charge in [-0.3, -0.25) is 0 Å². The highest BCUT2D eigenvalue weighted by atomic mass is 16.2. The maximum Gasteiger partial charge on any atom is 0.123 e. The Morgan fingerprint density at radius 3 is 2.29 bits per heavy atom. The van der Waals surface area contributed by atoms with Crippen LogP contribution in [0.15, 0.2) is 18.6 Å². The molecule has 1 aliphatic carbocycles. The Balaban J connectivity index is 0.000000213. The third kappa shape index (κ3) is 7.36. The second kappa shape index (κ2) is 8.31. The zero-order chi connectivity index (χ0) is 10.8. The van der Waals surface area contributed by atoms with E-state index >= 15 is 0 Å². The molecule has 14 heavy (non-hydrogen) atoms. The Bertz CT molecular complexity index is 235. The summed E-state index contributed by atoms with van der Waals surface area (Å²) >= 11 is 0. The first-order chi connectivity index (χ1) is 6.83. The van der Waals surface area contributed by atoms with Crippen molar-refractivity contribution in [1.29, 1.82) is 0 Å². The van der Waals surface area contributed by atoms with E-state index in [1.54, 1.807) is 6.20 Å². The summed E-state index contributed by atoms with van der Waals surface area (Å²) in [6.07, 6.45) is 6.57. The molecule has 1 fully saturated rings. The van der Waals surface area contributed by atoms with Gasteiger partial charge in [0.15, 0.2) is 0 Å². The van der Waals surface area contributed by atoms with Crippen molar-refractivity contribution in [3.05, 3.63) is 24.3 Å². The van der Waals surface area contributed by atoms with Crippen molar-refractivity contribution in [2.75, 3.05) is 7.11 Å². The van der Waals surface area contributed by atoms with Gasteiger partial charge in [-0.25, -0.2) is 9.97 Å². The first kappa shape index (κ1) is 12.7. The first-order valence-electron chi connectivity index (χ1n) is 4.45. The van der Waals surface area contributed by atoms with Crippen LogP contribution in [0.5, 0.6) is 0 Å². The van der Waals surface area contributed by atoms with Gasteiger partial charge < -0.3 is 9.90 Å². The van der Waals surface area contributed by atoms with Gasteiger partial charge in [0.2, 0.25) is 0 Å². The number of rotatable bonds is 1. The molecular formula is C10H16N2O2. The average molecular weight is 196 g/mol. The summed E-state index contributed by atoms with van der Waals surface area (Å²) in [5.74, 6) is 0.454. The van der Waals surface area contributed by atoms with Gasteiger partial charge in [-0.05, 0) is 25.8 Å². The van der Waals surface area contributed by atoms with Crippen molar-refractivity contribution >= 4 is 6.29 Å². The smallest absolute Gasteiger partial charge is 0.123 e. The minimum atomic E-state index is 0.454. The summed E-state index contributed by atoms with van der Waals surface area (Å²) in [6, 6.07) is 1.86. The molecule has 0 amide bonds. The number of aliphatic hydroxyl groups excluding tert-OH is 1. The van der Waals surface area contributed by atoms with Crippen LogP contribution in [0.3, 0.4) is 0 Å². The number of aryl methyl sites for hydroxylation is 1. The minimum Gasteiger partial charge on any atom is -0.400 e. The Hall–Kier alpha value is -1.29. The Morgan fingerprint density at radius 1 is 1.50 bits per heavy atom. The standard InChI is InChI=1S/C5H6N2.C4H6O.CH4O/c1-5-2-3-6-4-7-5;5-3-4-1-2-4;1-2/h2-4H,1H3;3-4H,1-2H2;2H,1H3. The van der Waals surface area contributed by atoms with Crippen molar-refractivity contribution in [3.8, 4) is 0 Å². The molecule has 4 heteroatoms.